The van der Waals surface area contributed by atoms with Gasteiger partial charge in [0, 0.05) is 25.2 Å². The highest BCUT2D eigenvalue weighted by atomic mass is 32.2. The number of hydrogen-bond acceptors (Lipinski definition) is 6. The van der Waals surface area contributed by atoms with Crippen LogP contribution in [0, 0.1) is 11.6 Å². The summed E-state index contributed by atoms with van der Waals surface area (Å²) in [6.45, 7) is 0.756. The molecule has 1 aliphatic heterocycles. The summed E-state index contributed by atoms with van der Waals surface area (Å²) in [4.78, 5) is 39.6. The van der Waals surface area contributed by atoms with E-state index >= 15 is 0 Å². The molecule has 0 bridgehead atoms. The maximum atomic E-state index is 13.8. The zero-order chi connectivity index (χ0) is 23.8. The molecule has 1 N–H and O–H groups in total. The average Bonchev–Trinajstić information content (AvgIpc) is 3.04. The molecule has 33 heavy (non-hydrogen) atoms. The molecule has 0 spiro atoms. The van der Waals surface area contributed by atoms with Gasteiger partial charge in [0.25, 0.3) is 11.1 Å². The lowest BCUT2D eigenvalue weighted by atomic mass is 10.2. The summed E-state index contributed by atoms with van der Waals surface area (Å²) < 4.78 is 32.7. The fraction of sp³-hybridized carbons (Fsp3) is 0.261. The molecule has 3 rings (SSSR count). The van der Waals surface area contributed by atoms with Crippen molar-refractivity contribution in [2.24, 2.45) is 0 Å². The second-order valence-electron chi connectivity index (χ2n) is 7.22. The van der Waals surface area contributed by atoms with Crippen molar-refractivity contribution in [3.63, 3.8) is 0 Å². The SMILES string of the molecule is CN(CCOc1ccccc1F)CC(=O)NCCN1C(=O)S/C(=C\c2ccccc2F)C1=O. The second kappa shape index (κ2) is 11.6. The van der Waals surface area contributed by atoms with Gasteiger partial charge in [-0.2, -0.15) is 0 Å². The van der Waals surface area contributed by atoms with Gasteiger partial charge in [-0.15, -0.1) is 0 Å². The number of benzene rings is 2. The first-order valence-electron chi connectivity index (χ1n) is 10.2. The third-order valence-electron chi connectivity index (χ3n) is 4.70. The van der Waals surface area contributed by atoms with Crippen molar-refractivity contribution in [2.45, 2.75) is 0 Å². The van der Waals surface area contributed by atoms with Crippen LogP contribution in [0.2, 0.25) is 0 Å². The van der Waals surface area contributed by atoms with Crippen LogP contribution < -0.4 is 10.1 Å². The third kappa shape index (κ3) is 6.87. The molecule has 1 fully saturated rings. The van der Waals surface area contributed by atoms with E-state index in [1.54, 1.807) is 30.1 Å². The summed E-state index contributed by atoms with van der Waals surface area (Å²) in [5.74, 6) is -1.60. The number of ether oxygens (including phenoxy) is 1. The van der Waals surface area contributed by atoms with E-state index in [2.05, 4.69) is 5.32 Å². The topological polar surface area (TPSA) is 79.0 Å². The first-order chi connectivity index (χ1) is 15.8. The van der Waals surface area contributed by atoms with Crippen molar-refractivity contribution < 1.29 is 27.9 Å². The van der Waals surface area contributed by atoms with E-state index < -0.39 is 22.8 Å². The Bertz CT molecular complexity index is 1060. The molecule has 2 aromatic rings. The van der Waals surface area contributed by atoms with Gasteiger partial charge < -0.3 is 10.1 Å². The number of imide groups is 1. The Morgan fingerprint density at radius 2 is 1.82 bits per heavy atom. The molecule has 0 aromatic heterocycles. The molecule has 0 unspecified atom stereocenters. The number of para-hydroxylation sites is 1. The van der Waals surface area contributed by atoms with E-state index in [1.165, 1.54) is 36.4 Å². The third-order valence-corrected chi connectivity index (χ3v) is 5.61. The highest BCUT2D eigenvalue weighted by Gasteiger charge is 2.34. The van der Waals surface area contributed by atoms with Crippen LogP contribution in [0.25, 0.3) is 6.08 Å². The van der Waals surface area contributed by atoms with Gasteiger partial charge in [-0.25, -0.2) is 8.78 Å². The summed E-state index contributed by atoms with van der Waals surface area (Å²) in [7, 11) is 1.72. The van der Waals surface area contributed by atoms with Gasteiger partial charge >= 0.3 is 0 Å². The Morgan fingerprint density at radius 3 is 2.55 bits per heavy atom. The van der Waals surface area contributed by atoms with E-state index in [1.807, 2.05) is 0 Å². The van der Waals surface area contributed by atoms with Gasteiger partial charge in [0.1, 0.15) is 12.4 Å². The lowest BCUT2D eigenvalue weighted by Gasteiger charge is -2.17. The van der Waals surface area contributed by atoms with E-state index in [0.717, 1.165) is 16.7 Å². The van der Waals surface area contributed by atoms with Crippen molar-refractivity contribution in [3.8, 4) is 5.75 Å². The summed E-state index contributed by atoms with van der Waals surface area (Å²) in [5, 5.41) is 2.18. The van der Waals surface area contributed by atoms with Crippen LogP contribution in [0.1, 0.15) is 5.56 Å². The first-order valence-corrected chi connectivity index (χ1v) is 11.0. The molecular formula is C23H23F2N3O4S. The normalized spacial score (nSPS) is 14.9. The van der Waals surface area contributed by atoms with E-state index in [9.17, 15) is 23.2 Å². The highest BCUT2D eigenvalue weighted by molar-refractivity contribution is 8.18. The fourth-order valence-electron chi connectivity index (χ4n) is 2.99. The van der Waals surface area contributed by atoms with Crippen LogP contribution in [0.3, 0.4) is 0 Å². The standard InChI is InChI=1S/C23H23F2N3O4S/c1-27(12-13-32-19-9-5-4-8-18(19)25)15-21(29)26-10-11-28-22(30)20(33-23(28)31)14-16-6-2-3-7-17(16)24/h2-9,14H,10-13,15H2,1H3,(H,26,29)/b20-14-. The Labute approximate surface area is 194 Å². The van der Waals surface area contributed by atoms with Crippen LogP contribution in [0.4, 0.5) is 13.6 Å². The van der Waals surface area contributed by atoms with E-state index in [4.69, 9.17) is 4.74 Å². The van der Waals surface area contributed by atoms with Crippen molar-refractivity contribution >= 4 is 34.9 Å². The number of nitrogens with one attached hydrogen (secondary N) is 1. The number of likely N-dealkylation sites (N-methyl/N-ethyl adjacent to an activating group) is 1. The zero-order valence-electron chi connectivity index (χ0n) is 17.9. The van der Waals surface area contributed by atoms with Crippen molar-refractivity contribution in [3.05, 3.63) is 70.6 Å². The lowest BCUT2D eigenvalue weighted by Crippen LogP contribution is -2.41. The number of nitrogens with zero attached hydrogens (tertiary/aromatic N) is 2. The number of rotatable bonds is 10. The predicted octanol–water partition coefficient (Wildman–Crippen LogP) is 3.13. The largest absolute Gasteiger partial charge is 0.489 e. The number of carbonyl (C=O) groups excluding carboxylic acids is 3. The highest BCUT2D eigenvalue weighted by Crippen LogP contribution is 2.32. The number of carbonyl (C=O) groups is 3. The summed E-state index contributed by atoms with van der Waals surface area (Å²) in [6, 6.07) is 12.0. The molecule has 7 nitrogen and oxygen atoms in total. The van der Waals surface area contributed by atoms with Crippen LogP contribution in [-0.4, -0.2) is 66.7 Å². The monoisotopic (exact) mass is 475 g/mol. The smallest absolute Gasteiger partial charge is 0.293 e. The molecule has 0 atom stereocenters. The van der Waals surface area contributed by atoms with Crippen LogP contribution >= 0.6 is 11.8 Å². The van der Waals surface area contributed by atoms with E-state index in [0.29, 0.717) is 6.54 Å². The number of halogens is 2. The van der Waals surface area contributed by atoms with Gasteiger partial charge in [-0.05, 0) is 43.1 Å². The minimum Gasteiger partial charge on any atom is -0.489 e. The summed E-state index contributed by atoms with van der Waals surface area (Å²) in [6.07, 6.45) is 1.34. The Morgan fingerprint density at radius 1 is 1.12 bits per heavy atom. The molecule has 174 valence electrons. The maximum absolute atomic E-state index is 13.8. The quantitative estimate of drug-likeness (QED) is 0.532. The predicted molar refractivity (Wildman–Crippen MR) is 121 cm³/mol. The lowest BCUT2D eigenvalue weighted by molar-refractivity contribution is -0.124. The zero-order valence-corrected chi connectivity index (χ0v) is 18.7. The molecule has 1 saturated heterocycles. The number of amides is 3. The molecule has 0 saturated carbocycles. The van der Waals surface area contributed by atoms with Crippen LogP contribution in [0.15, 0.2) is 53.4 Å². The molecule has 1 heterocycles. The molecular weight excluding hydrogens is 452 g/mol. The number of thioether (sulfide) groups is 1. The molecule has 0 aliphatic carbocycles. The van der Waals surface area contributed by atoms with Gasteiger partial charge in [-0.1, -0.05) is 30.3 Å². The summed E-state index contributed by atoms with van der Waals surface area (Å²) >= 11 is 0.733. The Balaban J connectivity index is 1.40. The van der Waals surface area contributed by atoms with Gasteiger partial charge in [-0.3, -0.25) is 24.2 Å². The summed E-state index contributed by atoms with van der Waals surface area (Å²) in [5.41, 5.74) is 0.221. The van der Waals surface area contributed by atoms with Crippen molar-refractivity contribution in [2.75, 3.05) is 39.8 Å². The molecule has 1 aliphatic rings. The first kappa shape index (κ1) is 24.4. The van der Waals surface area contributed by atoms with Gasteiger partial charge in [0.15, 0.2) is 11.6 Å². The minimum absolute atomic E-state index is 0.00509. The maximum Gasteiger partial charge on any atom is 0.293 e. The van der Waals surface area contributed by atoms with Crippen LogP contribution in [0.5, 0.6) is 5.75 Å². The van der Waals surface area contributed by atoms with Crippen molar-refractivity contribution in [1.82, 2.24) is 15.1 Å². The molecule has 3 amide bonds. The van der Waals surface area contributed by atoms with Gasteiger partial charge in [0.2, 0.25) is 5.91 Å². The van der Waals surface area contributed by atoms with Gasteiger partial charge in [0.05, 0.1) is 11.4 Å². The molecule has 10 heteroatoms. The van der Waals surface area contributed by atoms with E-state index in [-0.39, 0.29) is 48.4 Å². The van der Waals surface area contributed by atoms with Crippen molar-refractivity contribution in [1.29, 1.82) is 0 Å². The number of hydrogen-bond donors (Lipinski definition) is 1. The Hall–Kier alpha value is -3.24. The van der Waals surface area contributed by atoms with Crippen LogP contribution in [-0.2, 0) is 9.59 Å². The Kier molecular flexibility index (Phi) is 8.56. The molecule has 0 radical (unpaired) electrons. The molecule has 2 aromatic carbocycles. The second-order valence-corrected chi connectivity index (χ2v) is 8.21. The fourth-order valence-corrected chi connectivity index (χ4v) is 3.84. The average molecular weight is 476 g/mol. The minimum atomic E-state index is -0.523.